The average molecular weight is 178 g/mol. The number of carbonyl (C=O) groups is 2. The molecular weight excluding hydrogens is 172 g/mol. The molecule has 0 spiro atoms. The highest BCUT2D eigenvalue weighted by molar-refractivity contribution is 6.15. The van der Waals surface area contributed by atoms with E-state index in [0.717, 1.165) is 0 Å². The summed E-state index contributed by atoms with van der Waals surface area (Å²) in [5.74, 6) is -1.71. The predicted octanol–water partition coefficient (Wildman–Crippen LogP) is -1.00. The summed E-state index contributed by atoms with van der Waals surface area (Å²) in [4.78, 5) is 29.6. The van der Waals surface area contributed by atoms with Gasteiger partial charge in [-0.2, -0.15) is 0 Å². The molecule has 0 bridgehead atoms. The third-order valence-electron chi connectivity index (χ3n) is 1.84. The van der Waals surface area contributed by atoms with Crippen LogP contribution in [0.5, 0.6) is 0 Å². The van der Waals surface area contributed by atoms with E-state index in [1.165, 1.54) is 12.5 Å². The summed E-state index contributed by atoms with van der Waals surface area (Å²) < 4.78 is 0. The molecule has 0 fully saturated rings. The molecule has 1 aromatic rings. The van der Waals surface area contributed by atoms with Crippen molar-refractivity contribution in [2.24, 2.45) is 5.73 Å². The maximum atomic E-state index is 11.2. The summed E-state index contributed by atoms with van der Waals surface area (Å²) >= 11 is 0. The second kappa shape index (κ2) is 2.51. The number of primary amides is 1. The first kappa shape index (κ1) is 7.66. The summed E-state index contributed by atoms with van der Waals surface area (Å²) in [6, 6.07) is 0. The molecule has 1 aromatic heterocycles. The largest absolute Gasteiger partial charge is 0.369 e. The van der Waals surface area contributed by atoms with E-state index in [-0.39, 0.29) is 0 Å². The van der Waals surface area contributed by atoms with Gasteiger partial charge in [-0.15, -0.1) is 0 Å². The highest BCUT2D eigenvalue weighted by Gasteiger charge is 2.35. The van der Waals surface area contributed by atoms with Crippen molar-refractivity contribution in [1.82, 2.24) is 9.97 Å². The molecule has 1 aliphatic heterocycles. The second-order valence-electron chi connectivity index (χ2n) is 2.65. The Labute approximate surface area is 73.2 Å². The third kappa shape index (κ3) is 1.03. The van der Waals surface area contributed by atoms with Crippen LogP contribution >= 0.6 is 0 Å². The number of hydrogen-bond acceptors (Lipinski definition) is 4. The number of rotatable bonds is 1. The number of nitrogens with zero attached hydrogens (tertiary/aromatic N) is 2. The summed E-state index contributed by atoms with van der Waals surface area (Å²) in [6.45, 7) is 0. The fourth-order valence-corrected chi connectivity index (χ4v) is 1.27. The standard InChI is InChI=1S/C7H6N4O2/c8-5(12)4-3-1-9-2-10-6(3)11-7(4)13/h1-2,4H,(H2,8,12)(H,9,10,11,13). The van der Waals surface area contributed by atoms with E-state index < -0.39 is 17.7 Å². The van der Waals surface area contributed by atoms with Crippen molar-refractivity contribution in [3.05, 3.63) is 18.1 Å². The number of amides is 2. The summed E-state index contributed by atoms with van der Waals surface area (Å²) in [6.07, 6.45) is 2.71. The first-order valence-corrected chi connectivity index (χ1v) is 3.60. The molecule has 66 valence electrons. The molecule has 0 aliphatic carbocycles. The SMILES string of the molecule is NC(=O)C1C(=O)Nc2ncncc21. The molecule has 1 atom stereocenters. The van der Waals surface area contributed by atoms with Gasteiger partial charge in [-0.3, -0.25) is 9.59 Å². The van der Waals surface area contributed by atoms with Gasteiger partial charge in [-0.25, -0.2) is 9.97 Å². The molecule has 3 N–H and O–H groups in total. The molecule has 6 heteroatoms. The lowest BCUT2D eigenvalue weighted by Gasteiger charge is -2.00. The highest BCUT2D eigenvalue weighted by Crippen LogP contribution is 2.28. The quantitative estimate of drug-likeness (QED) is 0.539. The van der Waals surface area contributed by atoms with Crippen molar-refractivity contribution in [1.29, 1.82) is 0 Å². The first-order chi connectivity index (χ1) is 6.20. The Bertz CT molecular complexity index is 390. The van der Waals surface area contributed by atoms with Crippen LogP contribution in [0.15, 0.2) is 12.5 Å². The van der Waals surface area contributed by atoms with Crippen molar-refractivity contribution in [3.8, 4) is 0 Å². The number of aromatic nitrogens is 2. The van der Waals surface area contributed by atoms with Gasteiger partial charge in [0.2, 0.25) is 11.8 Å². The molecule has 2 heterocycles. The molecular formula is C7H6N4O2. The van der Waals surface area contributed by atoms with Crippen LogP contribution in [0.4, 0.5) is 5.82 Å². The van der Waals surface area contributed by atoms with E-state index in [1.807, 2.05) is 0 Å². The lowest BCUT2D eigenvalue weighted by molar-refractivity contribution is -0.126. The van der Waals surface area contributed by atoms with Crippen LogP contribution in [0.2, 0.25) is 0 Å². The predicted molar refractivity (Wildman–Crippen MR) is 42.6 cm³/mol. The Morgan fingerprint density at radius 3 is 3.08 bits per heavy atom. The van der Waals surface area contributed by atoms with E-state index in [4.69, 9.17) is 5.73 Å². The minimum Gasteiger partial charge on any atom is -0.369 e. The van der Waals surface area contributed by atoms with Gasteiger partial charge >= 0.3 is 0 Å². The average Bonchev–Trinajstić information content (AvgIpc) is 2.39. The van der Waals surface area contributed by atoms with Gasteiger partial charge in [-0.05, 0) is 0 Å². The minimum absolute atomic E-state index is 0.365. The van der Waals surface area contributed by atoms with Crippen molar-refractivity contribution in [2.75, 3.05) is 5.32 Å². The lowest BCUT2D eigenvalue weighted by atomic mass is 10.0. The Morgan fingerprint density at radius 1 is 1.62 bits per heavy atom. The maximum Gasteiger partial charge on any atom is 0.242 e. The molecule has 2 rings (SSSR count). The fraction of sp³-hybridized carbons (Fsp3) is 0.143. The Balaban J connectivity index is 2.52. The van der Waals surface area contributed by atoms with Crippen molar-refractivity contribution >= 4 is 17.6 Å². The minimum atomic E-state index is -0.948. The van der Waals surface area contributed by atoms with Crippen LogP contribution in [0, 0.1) is 0 Å². The summed E-state index contributed by atoms with van der Waals surface area (Å²) in [5, 5.41) is 2.44. The van der Waals surface area contributed by atoms with Gasteiger partial charge in [0.15, 0.2) is 0 Å². The lowest BCUT2D eigenvalue weighted by Crippen LogP contribution is -2.27. The number of fused-ring (bicyclic) bond motifs is 1. The molecule has 6 nitrogen and oxygen atoms in total. The Kier molecular flexibility index (Phi) is 1.48. The third-order valence-corrected chi connectivity index (χ3v) is 1.84. The molecule has 0 radical (unpaired) electrons. The van der Waals surface area contributed by atoms with E-state index in [0.29, 0.717) is 11.4 Å². The number of hydrogen-bond donors (Lipinski definition) is 2. The van der Waals surface area contributed by atoms with Gasteiger partial charge in [0.1, 0.15) is 18.1 Å². The van der Waals surface area contributed by atoms with Crippen LogP contribution in [-0.2, 0) is 9.59 Å². The molecule has 2 amide bonds. The fourth-order valence-electron chi connectivity index (χ4n) is 1.27. The molecule has 13 heavy (non-hydrogen) atoms. The zero-order valence-electron chi connectivity index (χ0n) is 6.52. The summed E-state index contributed by atoms with van der Waals surface area (Å²) in [7, 11) is 0. The van der Waals surface area contributed by atoms with E-state index in [2.05, 4.69) is 15.3 Å². The first-order valence-electron chi connectivity index (χ1n) is 3.60. The van der Waals surface area contributed by atoms with Gasteiger partial charge in [0.05, 0.1) is 0 Å². The smallest absolute Gasteiger partial charge is 0.242 e. The monoisotopic (exact) mass is 178 g/mol. The second-order valence-corrected chi connectivity index (χ2v) is 2.65. The van der Waals surface area contributed by atoms with Crippen LogP contribution in [-0.4, -0.2) is 21.8 Å². The zero-order valence-corrected chi connectivity index (χ0v) is 6.52. The van der Waals surface area contributed by atoms with Crippen molar-refractivity contribution < 1.29 is 9.59 Å². The molecule has 0 saturated carbocycles. The van der Waals surface area contributed by atoms with Crippen LogP contribution in [0.1, 0.15) is 11.5 Å². The van der Waals surface area contributed by atoms with Gasteiger partial charge in [0, 0.05) is 11.8 Å². The topological polar surface area (TPSA) is 98.0 Å². The number of nitrogens with two attached hydrogens (primary N) is 1. The van der Waals surface area contributed by atoms with Crippen molar-refractivity contribution in [2.45, 2.75) is 5.92 Å². The van der Waals surface area contributed by atoms with Crippen LogP contribution < -0.4 is 11.1 Å². The zero-order chi connectivity index (χ0) is 9.42. The van der Waals surface area contributed by atoms with Gasteiger partial charge < -0.3 is 11.1 Å². The number of nitrogens with one attached hydrogen (secondary N) is 1. The van der Waals surface area contributed by atoms with Gasteiger partial charge in [0.25, 0.3) is 0 Å². The molecule has 1 unspecified atom stereocenters. The Hall–Kier alpha value is -1.98. The Morgan fingerprint density at radius 2 is 2.38 bits per heavy atom. The normalized spacial score (nSPS) is 19.4. The van der Waals surface area contributed by atoms with E-state index in [9.17, 15) is 9.59 Å². The van der Waals surface area contributed by atoms with Crippen molar-refractivity contribution in [3.63, 3.8) is 0 Å². The number of anilines is 1. The van der Waals surface area contributed by atoms with Gasteiger partial charge in [-0.1, -0.05) is 0 Å². The van der Waals surface area contributed by atoms with Crippen LogP contribution in [0.3, 0.4) is 0 Å². The van der Waals surface area contributed by atoms with E-state index in [1.54, 1.807) is 0 Å². The maximum absolute atomic E-state index is 11.2. The van der Waals surface area contributed by atoms with Crippen LogP contribution in [0.25, 0.3) is 0 Å². The molecule has 0 saturated heterocycles. The molecule has 0 aromatic carbocycles. The molecule has 1 aliphatic rings. The highest BCUT2D eigenvalue weighted by atomic mass is 16.2. The number of carbonyl (C=O) groups excluding carboxylic acids is 2. The summed E-state index contributed by atoms with van der Waals surface area (Å²) in [5.41, 5.74) is 5.49. The van der Waals surface area contributed by atoms with E-state index >= 15 is 0 Å².